The SMILES string of the molecule is FC1(F)CCCCC1.O=C(CCC(F)(F)F)NCc1ccc2nc(CNC(=O)c3cc(F)ccc3F)[nH]c2c1. The van der Waals surface area contributed by atoms with Crippen molar-refractivity contribution in [2.45, 2.75) is 70.1 Å². The van der Waals surface area contributed by atoms with E-state index in [0.717, 1.165) is 24.6 Å². The van der Waals surface area contributed by atoms with Gasteiger partial charge < -0.3 is 15.6 Å². The Kier molecular flexibility index (Phi) is 9.92. The van der Waals surface area contributed by atoms with Crippen molar-refractivity contribution in [1.29, 1.82) is 0 Å². The van der Waals surface area contributed by atoms with Crippen molar-refractivity contribution in [3.8, 4) is 0 Å². The molecule has 6 nitrogen and oxygen atoms in total. The normalized spacial score (nSPS) is 14.8. The molecule has 0 unspecified atom stereocenters. The van der Waals surface area contributed by atoms with Crippen LogP contribution in [0.1, 0.15) is 66.7 Å². The Labute approximate surface area is 219 Å². The number of carbonyl (C=O) groups excluding carboxylic acids is 2. The van der Waals surface area contributed by atoms with Crippen LogP contribution in [0.5, 0.6) is 0 Å². The van der Waals surface area contributed by atoms with E-state index in [1.165, 1.54) is 0 Å². The molecule has 1 saturated carbocycles. The summed E-state index contributed by atoms with van der Waals surface area (Å²) in [7, 11) is 0. The van der Waals surface area contributed by atoms with Crippen LogP contribution in [-0.2, 0) is 17.9 Å². The summed E-state index contributed by atoms with van der Waals surface area (Å²) in [4.78, 5) is 30.8. The molecule has 0 atom stereocenters. The van der Waals surface area contributed by atoms with Crippen LogP contribution in [0.2, 0.25) is 0 Å². The first-order valence-electron chi connectivity index (χ1n) is 12.2. The third kappa shape index (κ3) is 9.88. The van der Waals surface area contributed by atoms with Gasteiger partial charge in [-0.2, -0.15) is 13.2 Å². The molecule has 0 bridgehead atoms. The number of halogens is 7. The number of hydrogen-bond donors (Lipinski definition) is 3. The summed E-state index contributed by atoms with van der Waals surface area (Å²) in [6.07, 6.45) is -3.56. The lowest BCUT2D eigenvalue weighted by Crippen LogP contribution is -2.24. The average Bonchev–Trinajstić information content (AvgIpc) is 3.28. The molecule has 1 aliphatic carbocycles. The van der Waals surface area contributed by atoms with Crippen molar-refractivity contribution in [2.24, 2.45) is 0 Å². The van der Waals surface area contributed by atoms with E-state index >= 15 is 0 Å². The molecule has 3 N–H and O–H groups in total. The van der Waals surface area contributed by atoms with E-state index in [0.29, 0.717) is 35.3 Å². The maximum atomic E-state index is 13.7. The summed E-state index contributed by atoms with van der Waals surface area (Å²) >= 11 is 0. The van der Waals surface area contributed by atoms with Crippen LogP contribution in [0.25, 0.3) is 11.0 Å². The highest BCUT2D eigenvalue weighted by Crippen LogP contribution is 2.32. The molecule has 39 heavy (non-hydrogen) atoms. The van der Waals surface area contributed by atoms with Crippen LogP contribution in [0, 0.1) is 11.6 Å². The minimum Gasteiger partial charge on any atom is -0.352 e. The van der Waals surface area contributed by atoms with Gasteiger partial charge in [0.05, 0.1) is 29.6 Å². The molecule has 2 aromatic carbocycles. The fraction of sp³-hybridized carbons (Fsp3) is 0.423. The molecule has 0 spiro atoms. The standard InChI is InChI=1S/C20H17F5N4O2.C6H10F2/c21-12-2-3-14(22)13(8-12)19(31)27-10-17-28-15-4-1-11(7-16(15)29-17)9-26-18(30)5-6-20(23,24)25;7-6(8)4-2-1-3-5-6/h1-4,7-8H,5-6,9-10H2,(H,26,30)(H,27,31)(H,28,29);1-5H2. The van der Waals surface area contributed by atoms with Crippen molar-refractivity contribution >= 4 is 22.8 Å². The summed E-state index contributed by atoms with van der Waals surface area (Å²) in [5.74, 6) is -5.09. The summed E-state index contributed by atoms with van der Waals surface area (Å²) < 4.78 is 87.7. The molecule has 4 rings (SSSR count). The smallest absolute Gasteiger partial charge is 0.352 e. The third-order valence-corrected chi connectivity index (χ3v) is 5.90. The molecule has 1 aliphatic rings. The highest BCUT2D eigenvalue weighted by atomic mass is 19.4. The number of rotatable bonds is 7. The maximum absolute atomic E-state index is 13.7. The Balaban J connectivity index is 0.000000449. The van der Waals surface area contributed by atoms with Crippen LogP contribution in [0.15, 0.2) is 36.4 Å². The number of nitrogens with one attached hydrogen (secondary N) is 3. The Morgan fingerprint density at radius 3 is 2.31 bits per heavy atom. The number of benzene rings is 2. The minimum atomic E-state index is -4.39. The second-order valence-corrected chi connectivity index (χ2v) is 9.15. The van der Waals surface area contributed by atoms with Crippen molar-refractivity contribution < 1.29 is 40.3 Å². The first-order chi connectivity index (χ1) is 18.3. The van der Waals surface area contributed by atoms with Gasteiger partial charge in [0, 0.05) is 25.8 Å². The Bertz CT molecular complexity index is 1280. The van der Waals surface area contributed by atoms with E-state index in [-0.39, 0.29) is 25.9 Å². The topological polar surface area (TPSA) is 86.9 Å². The van der Waals surface area contributed by atoms with E-state index in [1.54, 1.807) is 18.2 Å². The van der Waals surface area contributed by atoms with Gasteiger partial charge in [0.25, 0.3) is 5.91 Å². The number of fused-ring (bicyclic) bond motifs is 1. The summed E-state index contributed by atoms with van der Waals surface area (Å²) in [5.41, 5.74) is 1.32. The van der Waals surface area contributed by atoms with E-state index in [4.69, 9.17) is 0 Å². The predicted octanol–water partition coefficient (Wildman–Crippen LogP) is 6.32. The maximum Gasteiger partial charge on any atom is 0.389 e. The van der Waals surface area contributed by atoms with Gasteiger partial charge in [-0.15, -0.1) is 0 Å². The monoisotopic (exact) mass is 560 g/mol. The van der Waals surface area contributed by atoms with Crippen LogP contribution in [0.3, 0.4) is 0 Å². The number of aromatic nitrogens is 2. The summed E-state index contributed by atoms with van der Waals surface area (Å²) in [5, 5.41) is 4.85. The zero-order chi connectivity index (χ0) is 28.6. The first-order valence-corrected chi connectivity index (χ1v) is 12.2. The molecule has 1 aromatic heterocycles. The van der Waals surface area contributed by atoms with Gasteiger partial charge in [0.1, 0.15) is 17.5 Å². The van der Waals surface area contributed by atoms with Crippen molar-refractivity contribution in [1.82, 2.24) is 20.6 Å². The molecule has 212 valence electrons. The number of imidazole rings is 1. The number of carbonyl (C=O) groups is 2. The second kappa shape index (κ2) is 12.9. The van der Waals surface area contributed by atoms with Crippen molar-refractivity contribution in [2.75, 3.05) is 0 Å². The Hall–Kier alpha value is -3.64. The van der Waals surface area contributed by atoms with Crippen LogP contribution >= 0.6 is 0 Å². The van der Waals surface area contributed by atoms with Gasteiger partial charge in [-0.05, 0) is 48.7 Å². The lowest BCUT2D eigenvalue weighted by Gasteiger charge is -2.20. The number of amides is 2. The number of hydrogen-bond acceptors (Lipinski definition) is 3. The highest BCUT2D eigenvalue weighted by molar-refractivity contribution is 5.94. The molecule has 1 fully saturated rings. The number of alkyl halides is 5. The molecular weight excluding hydrogens is 533 g/mol. The molecule has 3 aromatic rings. The molecule has 1 heterocycles. The van der Waals surface area contributed by atoms with Gasteiger partial charge in [-0.25, -0.2) is 22.5 Å². The van der Waals surface area contributed by atoms with Gasteiger partial charge in [0.15, 0.2) is 0 Å². The van der Waals surface area contributed by atoms with E-state index in [2.05, 4.69) is 20.6 Å². The molecular formula is C26H27F7N4O2. The van der Waals surface area contributed by atoms with Gasteiger partial charge in [0.2, 0.25) is 11.8 Å². The summed E-state index contributed by atoms with van der Waals surface area (Å²) in [6.45, 7) is -0.0381. The van der Waals surface area contributed by atoms with Gasteiger partial charge in [-0.1, -0.05) is 12.5 Å². The molecule has 0 aliphatic heterocycles. The quantitative estimate of drug-likeness (QED) is 0.296. The lowest BCUT2D eigenvalue weighted by molar-refractivity contribution is -0.144. The van der Waals surface area contributed by atoms with E-state index in [1.807, 2.05) is 0 Å². The molecule has 13 heteroatoms. The van der Waals surface area contributed by atoms with Crippen LogP contribution < -0.4 is 10.6 Å². The number of aromatic amines is 1. The molecule has 2 amide bonds. The third-order valence-electron chi connectivity index (χ3n) is 5.90. The van der Waals surface area contributed by atoms with Crippen molar-refractivity contribution in [3.63, 3.8) is 0 Å². The minimum absolute atomic E-state index is 0.0383. The van der Waals surface area contributed by atoms with Crippen LogP contribution in [0.4, 0.5) is 30.7 Å². The Morgan fingerprint density at radius 2 is 1.67 bits per heavy atom. The van der Waals surface area contributed by atoms with Gasteiger partial charge in [-0.3, -0.25) is 9.59 Å². The fourth-order valence-corrected chi connectivity index (χ4v) is 3.85. The van der Waals surface area contributed by atoms with Gasteiger partial charge >= 0.3 is 6.18 Å². The summed E-state index contributed by atoms with van der Waals surface area (Å²) in [6, 6.07) is 7.50. The van der Waals surface area contributed by atoms with E-state index in [9.17, 15) is 40.3 Å². The fourth-order valence-electron chi connectivity index (χ4n) is 3.85. The van der Waals surface area contributed by atoms with Crippen LogP contribution in [-0.4, -0.2) is 33.9 Å². The zero-order valence-electron chi connectivity index (χ0n) is 20.7. The van der Waals surface area contributed by atoms with Crippen molar-refractivity contribution in [3.05, 3.63) is 65.0 Å². The predicted molar refractivity (Wildman–Crippen MR) is 129 cm³/mol. The van der Waals surface area contributed by atoms with E-state index < -0.39 is 54.0 Å². The average molecular weight is 561 g/mol. The number of nitrogens with zero attached hydrogens (tertiary/aromatic N) is 1. The highest BCUT2D eigenvalue weighted by Gasteiger charge is 2.30. The zero-order valence-corrected chi connectivity index (χ0v) is 20.7. The Morgan fingerprint density at radius 1 is 0.949 bits per heavy atom. The molecule has 0 radical (unpaired) electrons. The lowest BCUT2D eigenvalue weighted by atomic mass is 9.97. The second-order valence-electron chi connectivity index (χ2n) is 9.15. The largest absolute Gasteiger partial charge is 0.389 e. The first kappa shape index (κ1) is 29.9. The number of H-pyrrole nitrogens is 1. The molecule has 0 saturated heterocycles.